The molecule has 0 amide bonds. The van der Waals surface area contributed by atoms with E-state index in [1.165, 1.54) is 11.8 Å². The van der Waals surface area contributed by atoms with Gasteiger partial charge in [-0.2, -0.15) is 0 Å². The summed E-state index contributed by atoms with van der Waals surface area (Å²) in [5.41, 5.74) is 2.39. The third-order valence-corrected chi connectivity index (χ3v) is 4.60. The molecular weight excluding hydrogens is 324 g/mol. The zero-order chi connectivity index (χ0) is 16.7. The fourth-order valence-corrected chi connectivity index (χ4v) is 3.38. The molecule has 1 aromatic heterocycles. The number of aromatic nitrogens is 2. The zero-order valence-corrected chi connectivity index (χ0v) is 14.2. The van der Waals surface area contributed by atoms with Crippen LogP contribution < -0.4 is 15.0 Å². The molecule has 3 aromatic rings. The van der Waals surface area contributed by atoms with E-state index in [-0.39, 0.29) is 5.56 Å². The maximum atomic E-state index is 13.1. The topological polar surface area (TPSA) is 53.4 Å². The number of thioether (sulfide) groups is 1. The Morgan fingerprint density at radius 2 is 1.88 bits per heavy atom. The zero-order valence-electron chi connectivity index (χ0n) is 13.4. The first-order chi connectivity index (χ1) is 11.7. The smallest absolute Gasteiger partial charge is 0.266 e. The average Bonchev–Trinajstić information content (AvgIpc) is 2.61. The maximum Gasteiger partial charge on any atom is 0.266 e. The minimum Gasteiger partial charge on any atom is -0.486 e. The van der Waals surface area contributed by atoms with Crippen molar-refractivity contribution in [3.05, 3.63) is 52.3 Å². The second-order valence-electron chi connectivity index (χ2n) is 5.59. The predicted molar refractivity (Wildman–Crippen MR) is 94.8 cm³/mol. The summed E-state index contributed by atoms with van der Waals surface area (Å²) in [4.78, 5) is 17.7. The fourth-order valence-electron chi connectivity index (χ4n) is 2.81. The van der Waals surface area contributed by atoms with Gasteiger partial charge in [0.25, 0.3) is 5.56 Å². The number of aryl methyl sites for hydroxylation is 1. The molecule has 0 bridgehead atoms. The van der Waals surface area contributed by atoms with Crippen LogP contribution >= 0.6 is 11.8 Å². The number of rotatable bonds is 2. The van der Waals surface area contributed by atoms with E-state index in [0.29, 0.717) is 40.8 Å². The molecule has 122 valence electrons. The van der Waals surface area contributed by atoms with Crippen molar-refractivity contribution >= 4 is 22.7 Å². The highest BCUT2D eigenvalue weighted by Crippen LogP contribution is 2.32. The minimum atomic E-state index is -0.0790. The molecule has 1 aliphatic heterocycles. The van der Waals surface area contributed by atoms with Gasteiger partial charge in [-0.15, -0.1) is 0 Å². The Hall–Kier alpha value is -2.47. The molecular formula is C18H16N2O3S. The van der Waals surface area contributed by atoms with Crippen LogP contribution in [0.15, 0.2) is 46.3 Å². The molecule has 1 aliphatic rings. The summed E-state index contributed by atoms with van der Waals surface area (Å²) < 4.78 is 12.8. The second kappa shape index (κ2) is 5.87. The van der Waals surface area contributed by atoms with E-state index < -0.39 is 0 Å². The van der Waals surface area contributed by atoms with Gasteiger partial charge in [0.2, 0.25) is 0 Å². The van der Waals surface area contributed by atoms with Gasteiger partial charge in [0.05, 0.1) is 16.6 Å². The summed E-state index contributed by atoms with van der Waals surface area (Å²) >= 11 is 1.44. The van der Waals surface area contributed by atoms with Crippen molar-refractivity contribution in [1.82, 2.24) is 9.55 Å². The van der Waals surface area contributed by atoms with E-state index in [4.69, 9.17) is 9.47 Å². The van der Waals surface area contributed by atoms with Crippen LogP contribution in [0.1, 0.15) is 5.56 Å². The van der Waals surface area contributed by atoms with Crippen LogP contribution in [0.2, 0.25) is 0 Å². The molecule has 2 heterocycles. The fraction of sp³-hybridized carbons (Fsp3) is 0.222. The van der Waals surface area contributed by atoms with Gasteiger partial charge in [0.1, 0.15) is 13.2 Å². The molecule has 0 saturated heterocycles. The summed E-state index contributed by atoms with van der Waals surface area (Å²) in [6.07, 6.45) is 1.91. The molecule has 2 aromatic carbocycles. The Labute approximate surface area is 143 Å². The van der Waals surface area contributed by atoms with Crippen LogP contribution in [0.25, 0.3) is 16.6 Å². The highest BCUT2D eigenvalue weighted by Gasteiger charge is 2.16. The number of ether oxygens (including phenoxy) is 2. The summed E-state index contributed by atoms with van der Waals surface area (Å²) in [6, 6.07) is 11.3. The number of fused-ring (bicyclic) bond motifs is 2. The Balaban J connectivity index is 1.98. The van der Waals surface area contributed by atoms with Gasteiger partial charge in [-0.3, -0.25) is 9.36 Å². The quantitative estimate of drug-likeness (QED) is 0.530. The monoisotopic (exact) mass is 340 g/mol. The summed E-state index contributed by atoms with van der Waals surface area (Å²) in [6.45, 7) is 3.02. The molecule has 0 fully saturated rings. The van der Waals surface area contributed by atoms with Crippen molar-refractivity contribution in [2.45, 2.75) is 12.1 Å². The van der Waals surface area contributed by atoms with Gasteiger partial charge in [0, 0.05) is 6.07 Å². The van der Waals surface area contributed by atoms with Crippen LogP contribution in [-0.2, 0) is 0 Å². The van der Waals surface area contributed by atoms with Crippen molar-refractivity contribution in [2.24, 2.45) is 0 Å². The lowest BCUT2D eigenvalue weighted by molar-refractivity contribution is 0.171. The lowest BCUT2D eigenvalue weighted by atomic mass is 10.1. The van der Waals surface area contributed by atoms with Crippen molar-refractivity contribution < 1.29 is 9.47 Å². The highest BCUT2D eigenvalue weighted by atomic mass is 32.2. The van der Waals surface area contributed by atoms with Crippen LogP contribution in [0, 0.1) is 6.92 Å². The number of hydrogen-bond acceptors (Lipinski definition) is 5. The van der Waals surface area contributed by atoms with E-state index in [0.717, 1.165) is 11.3 Å². The second-order valence-corrected chi connectivity index (χ2v) is 6.36. The van der Waals surface area contributed by atoms with Crippen molar-refractivity contribution in [3.8, 4) is 17.2 Å². The normalized spacial score (nSPS) is 13.2. The van der Waals surface area contributed by atoms with Crippen molar-refractivity contribution in [1.29, 1.82) is 0 Å². The Morgan fingerprint density at radius 3 is 2.67 bits per heavy atom. The van der Waals surface area contributed by atoms with Crippen molar-refractivity contribution in [3.63, 3.8) is 0 Å². The van der Waals surface area contributed by atoms with Gasteiger partial charge >= 0.3 is 0 Å². The molecule has 0 radical (unpaired) electrons. The summed E-state index contributed by atoms with van der Waals surface area (Å²) in [5.74, 6) is 1.36. The van der Waals surface area contributed by atoms with Crippen molar-refractivity contribution in [2.75, 3.05) is 19.5 Å². The predicted octanol–water partition coefficient (Wildman–Crippen LogP) is 3.19. The molecule has 0 saturated carbocycles. The number of nitrogens with zero attached hydrogens (tertiary/aromatic N) is 2. The molecule has 6 heteroatoms. The van der Waals surface area contributed by atoms with E-state index in [2.05, 4.69) is 4.98 Å². The SMILES string of the molecule is CSc1nc2ccc(C)cc2c(=O)n1-c1ccc2c(c1)OCCO2. The van der Waals surface area contributed by atoms with Gasteiger partial charge < -0.3 is 9.47 Å². The molecule has 0 spiro atoms. The van der Waals surface area contributed by atoms with Gasteiger partial charge in [-0.25, -0.2) is 4.98 Å². The third-order valence-electron chi connectivity index (χ3n) is 3.96. The summed E-state index contributed by atoms with van der Waals surface area (Å²) in [7, 11) is 0. The largest absolute Gasteiger partial charge is 0.486 e. The first kappa shape index (κ1) is 15.1. The van der Waals surface area contributed by atoms with E-state index >= 15 is 0 Å². The first-order valence-electron chi connectivity index (χ1n) is 7.65. The average molecular weight is 340 g/mol. The van der Waals surface area contributed by atoms with Gasteiger partial charge in [-0.1, -0.05) is 23.4 Å². The Bertz CT molecular complexity index is 997. The van der Waals surface area contributed by atoms with Crippen LogP contribution in [0.5, 0.6) is 11.5 Å². The lowest BCUT2D eigenvalue weighted by Crippen LogP contribution is -2.22. The highest BCUT2D eigenvalue weighted by molar-refractivity contribution is 7.98. The van der Waals surface area contributed by atoms with Crippen LogP contribution in [0.3, 0.4) is 0 Å². The molecule has 0 unspecified atom stereocenters. The Kier molecular flexibility index (Phi) is 3.69. The number of benzene rings is 2. The lowest BCUT2D eigenvalue weighted by Gasteiger charge is -2.20. The Morgan fingerprint density at radius 1 is 1.08 bits per heavy atom. The summed E-state index contributed by atoms with van der Waals surface area (Å²) in [5, 5.41) is 1.26. The molecule has 0 N–H and O–H groups in total. The first-order valence-corrected chi connectivity index (χ1v) is 8.87. The van der Waals surface area contributed by atoms with Crippen LogP contribution in [-0.4, -0.2) is 29.0 Å². The maximum absolute atomic E-state index is 13.1. The van der Waals surface area contributed by atoms with E-state index in [1.807, 2.05) is 49.6 Å². The molecule has 0 atom stereocenters. The minimum absolute atomic E-state index is 0.0790. The van der Waals surface area contributed by atoms with Gasteiger partial charge in [0.15, 0.2) is 16.7 Å². The van der Waals surface area contributed by atoms with E-state index in [1.54, 1.807) is 4.57 Å². The van der Waals surface area contributed by atoms with E-state index in [9.17, 15) is 4.79 Å². The number of hydrogen-bond donors (Lipinski definition) is 0. The molecule has 0 aliphatic carbocycles. The van der Waals surface area contributed by atoms with Crippen LogP contribution in [0.4, 0.5) is 0 Å². The van der Waals surface area contributed by atoms with Gasteiger partial charge in [-0.05, 0) is 37.4 Å². The third kappa shape index (κ3) is 2.43. The molecule has 24 heavy (non-hydrogen) atoms. The molecule has 4 rings (SSSR count). The standard InChI is InChI=1S/C18H16N2O3S/c1-11-3-5-14-13(9-11)17(21)20(18(19-14)24-2)12-4-6-15-16(10-12)23-8-7-22-15/h3-6,9-10H,7-8H2,1-2H3. The molecule has 5 nitrogen and oxygen atoms in total.